The van der Waals surface area contributed by atoms with Crippen LogP contribution in [-0.2, 0) is 14.3 Å². The lowest BCUT2D eigenvalue weighted by atomic mass is 10.1. The molecule has 3 aliphatic rings. The van der Waals surface area contributed by atoms with E-state index in [0.717, 1.165) is 39.0 Å². The number of carbonyl (C=O) groups is 2. The number of aliphatic carboxylic acids is 1. The van der Waals surface area contributed by atoms with Gasteiger partial charge in [0.05, 0.1) is 18.4 Å². The van der Waals surface area contributed by atoms with Crippen molar-refractivity contribution in [3.8, 4) is 0 Å². The fourth-order valence-corrected chi connectivity index (χ4v) is 2.76. The first kappa shape index (κ1) is 12.0. The summed E-state index contributed by atoms with van der Waals surface area (Å²) in [5.41, 5.74) is 0. The number of hydrogen-bond acceptors (Lipinski definition) is 3. The van der Waals surface area contributed by atoms with Gasteiger partial charge in [0.15, 0.2) is 0 Å². The molecule has 18 heavy (non-hydrogen) atoms. The zero-order valence-electron chi connectivity index (χ0n) is 10.4. The third-order valence-corrected chi connectivity index (χ3v) is 4.17. The number of rotatable bonds is 5. The lowest BCUT2D eigenvalue weighted by Crippen LogP contribution is -2.39. The van der Waals surface area contributed by atoms with Crippen molar-refractivity contribution in [1.29, 1.82) is 0 Å². The van der Waals surface area contributed by atoms with Crippen LogP contribution in [0.1, 0.15) is 25.7 Å². The van der Waals surface area contributed by atoms with E-state index in [1.165, 1.54) is 0 Å². The molecule has 0 aromatic carbocycles. The molecule has 0 bridgehead atoms. The van der Waals surface area contributed by atoms with Crippen LogP contribution in [0.4, 0.5) is 0 Å². The monoisotopic (exact) mass is 253 g/mol. The molecule has 5 heteroatoms. The van der Waals surface area contributed by atoms with Gasteiger partial charge in [-0.25, -0.2) is 0 Å². The molecule has 2 aliphatic carbocycles. The van der Waals surface area contributed by atoms with Crippen molar-refractivity contribution in [3.05, 3.63) is 0 Å². The molecular weight excluding hydrogens is 234 g/mol. The van der Waals surface area contributed by atoms with Crippen molar-refractivity contribution in [1.82, 2.24) is 4.90 Å². The molecule has 1 amide bonds. The van der Waals surface area contributed by atoms with E-state index in [-0.39, 0.29) is 11.8 Å². The lowest BCUT2D eigenvalue weighted by Gasteiger charge is -2.25. The highest BCUT2D eigenvalue weighted by Gasteiger charge is 2.51. The summed E-state index contributed by atoms with van der Waals surface area (Å²) in [7, 11) is 0. The van der Waals surface area contributed by atoms with Gasteiger partial charge in [-0.1, -0.05) is 0 Å². The molecule has 1 N–H and O–H groups in total. The van der Waals surface area contributed by atoms with Crippen LogP contribution in [0, 0.1) is 17.8 Å². The van der Waals surface area contributed by atoms with Gasteiger partial charge in [-0.2, -0.15) is 0 Å². The Morgan fingerprint density at radius 3 is 2.50 bits per heavy atom. The summed E-state index contributed by atoms with van der Waals surface area (Å²) in [4.78, 5) is 25.1. The Kier molecular flexibility index (Phi) is 3.01. The van der Waals surface area contributed by atoms with Crippen LogP contribution < -0.4 is 0 Å². The van der Waals surface area contributed by atoms with Gasteiger partial charge in [-0.3, -0.25) is 9.59 Å². The van der Waals surface area contributed by atoms with E-state index in [4.69, 9.17) is 9.84 Å². The van der Waals surface area contributed by atoms with Crippen molar-refractivity contribution in [3.63, 3.8) is 0 Å². The molecule has 3 rings (SSSR count). The molecule has 5 nitrogen and oxygen atoms in total. The molecule has 0 radical (unpaired) electrons. The minimum absolute atomic E-state index is 0.0665. The molecule has 0 aromatic rings. The quantitative estimate of drug-likeness (QED) is 0.784. The van der Waals surface area contributed by atoms with E-state index in [0.29, 0.717) is 18.4 Å². The Hall–Kier alpha value is -1.10. The fourth-order valence-electron chi connectivity index (χ4n) is 2.76. The maximum atomic E-state index is 12.3. The molecule has 1 saturated heterocycles. The average molecular weight is 253 g/mol. The van der Waals surface area contributed by atoms with Crippen molar-refractivity contribution >= 4 is 11.9 Å². The Labute approximate surface area is 106 Å². The molecule has 3 atom stereocenters. The summed E-state index contributed by atoms with van der Waals surface area (Å²) in [5.74, 6) is -1.01. The zero-order valence-corrected chi connectivity index (χ0v) is 10.4. The number of amides is 1. The zero-order chi connectivity index (χ0) is 12.7. The molecule has 100 valence electrons. The highest BCUT2D eigenvalue weighted by atomic mass is 16.5. The van der Waals surface area contributed by atoms with Crippen molar-refractivity contribution in [2.45, 2.75) is 31.7 Å². The molecule has 0 spiro atoms. The van der Waals surface area contributed by atoms with Gasteiger partial charge in [0.1, 0.15) is 0 Å². The summed E-state index contributed by atoms with van der Waals surface area (Å²) in [6.07, 6.45) is 3.69. The van der Waals surface area contributed by atoms with Gasteiger partial charge >= 0.3 is 5.97 Å². The predicted molar refractivity (Wildman–Crippen MR) is 62.9 cm³/mol. The van der Waals surface area contributed by atoms with E-state index in [1.54, 1.807) is 0 Å². The van der Waals surface area contributed by atoms with Gasteiger partial charge in [-0.15, -0.1) is 0 Å². The summed E-state index contributed by atoms with van der Waals surface area (Å²) in [6.45, 7) is 2.29. The molecule has 1 aliphatic heterocycles. The molecule has 0 aromatic heterocycles. The molecule has 2 saturated carbocycles. The maximum Gasteiger partial charge on any atom is 0.307 e. The van der Waals surface area contributed by atoms with Crippen molar-refractivity contribution < 1.29 is 19.4 Å². The first-order chi connectivity index (χ1) is 8.66. The molecule has 3 fully saturated rings. The SMILES string of the molecule is O=C(O)[C@H]1C[C@H]1C(=O)N(CC1CCOC1)C1CC1. The van der Waals surface area contributed by atoms with Gasteiger partial charge in [0.25, 0.3) is 0 Å². The normalized spacial score (nSPS) is 34.3. The van der Waals surface area contributed by atoms with Gasteiger partial charge in [-0.05, 0) is 25.7 Å². The third kappa shape index (κ3) is 2.36. The van der Waals surface area contributed by atoms with Crippen LogP contribution in [0.3, 0.4) is 0 Å². The minimum Gasteiger partial charge on any atom is -0.481 e. The highest BCUT2D eigenvalue weighted by Crippen LogP contribution is 2.42. The summed E-state index contributed by atoms with van der Waals surface area (Å²) >= 11 is 0. The van der Waals surface area contributed by atoms with Crippen LogP contribution in [-0.4, -0.2) is 47.7 Å². The maximum absolute atomic E-state index is 12.3. The number of carboxylic acid groups (broad SMARTS) is 1. The average Bonchev–Trinajstić information content (AvgIpc) is 3.24. The molecular formula is C13H19NO4. The molecule has 1 heterocycles. The number of hydrogen-bond donors (Lipinski definition) is 1. The Morgan fingerprint density at radius 2 is 2.00 bits per heavy atom. The standard InChI is InChI=1S/C13H19NO4/c15-12(10-5-11(10)13(16)17)14(9-1-2-9)6-8-3-4-18-7-8/h8-11H,1-7H2,(H,16,17)/t8?,10-,11+/m1/s1. The molecule has 1 unspecified atom stereocenters. The van der Waals surface area contributed by atoms with E-state index < -0.39 is 11.9 Å². The van der Waals surface area contributed by atoms with Crippen LogP contribution >= 0.6 is 0 Å². The number of ether oxygens (including phenoxy) is 1. The van der Waals surface area contributed by atoms with E-state index in [9.17, 15) is 9.59 Å². The van der Waals surface area contributed by atoms with Crippen molar-refractivity contribution in [2.75, 3.05) is 19.8 Å². The third-order valence-electron chi connectivity index (χ3n) is 4.17. The fraction of sp³-hybridized carbons (Fsp3) is 0.846. The van der Waals surface area contributed by atoms with Gasteiger partial charge in [0.2, 0.25) is 5.91 Å². The lowest BCUT2D eigenvalue weighted by molar-refractivity contribution is -0.142. The topological polar surface area (TPSA) is 66.8 Å². The highest BCUT2D eigenvalue weighted by molar-refractivity contribution is 5.89. The van der Waals surface area contributed by atoms with E-state index in [1.807, 2.05) is 4.90 Å². The first-order valence-corrected chi connectivity index (χ1v) is 6.78. The second-order valence-corrected chi connectivity index (χ2v) is 5.74. The Balaban J connectivity index is 1.59. The largest absolute Gasteiger partial charge is 0.481 e. The van der Waals surface area contributed by atoms with Crippen LogP contribution in [0.2, 0.25) is 0 Å². The number of nitrogens with zero attached hydrogens (tertiary/aromatic N) is 1. The van der Waals surface area contributed by atoms with Crippen LogP contribution in [0.25, 0.3) is 0 Å². The summed E-state index contributed by atoms with van der Waals surface area (Å²) in [6, 6.07) is 0.369. The predicted octanol–water partition coefficient (Wildman–Crippen LogP) is 0.735. The summed E-state index contributed by atoms with van der Waals surface area (Å²) in [5, 5.41) is 8.90. The van der Waals surface area contributed by atoms with E-state index in [2.05, 4.69) is 0 Å². The Bertz CT molecular complexity index is 360. The number of carbonyl (C=O) groups excluding carboxylic acids is 1. The second kappa shape index (κ2) is 4.53. The smallest absolute Gasteiger partial charge is 0.307 e. The van der Waals surface area contributed by atoms with Gasteiger partial charge < -0.3 is 14.7 Å². The number of carboxylic acids is 1. The van der Waals surface area contributed by atoms with Crippen molar-refractivity contribution in [2.24, 2.45) is 17.8 Å². The second-order valence-electron chi connectivity index (χ2n) is 5.74. The Morgan fingerprint density at radius 1 is 1.22 bits per heavy atom. The van der Waals surface area contributed by atoms with E-state index >= 15 is 0 Å². The first-order valence-electron chi connectivity index (χ1n) is 6.78. The van der Waals surface area contributed by atoms with Crippen LogP contribution in [0.15, 0.2) is 0 Å². The summed E-state index contributed by atoms with van der Waals surface area (Å²) < 4.78 is 5.34. The van der Waals surface area contributed by atoms with Gasteiger partial charge in [0, 0.05) is 25.1 Å². The minimum atomic E-state index is -0.826. The van der Waals surface area contributed by atoms with Crippen LogP contribution in [0.5, 0.6) is 0 Å².